The SMILES string of the molecule is CC/C=C\C/C=C\C/C=C\C/C=C\C/C=C\C/C=C\CCC(=O)OC(COC(=O)CCCCCCC/C=C\CCCC)COC(=O)CCCCCCCCCCCCCCCCC/C=C\CCCCCCCCCC. The van der Waals surface area contributed by atoms with Gasteiger partial charge in [0.1, 0.15) is 13.2 Å². The van der Waals surface area contributed by atoms with Crippen LogP contribution in [0.15, 0.2) is 97.2 Å². The number of ether oxygens (including phenoxy) is 3. The van der Waals surface area contributed by atoms with Crippen molar-refractivity contribution in [2.75, 3.05) is 13.2 Å². The zero-order valence-corrected chi connectivity index (χ0v) is 49.3. The average molecular weight is 1040 g/mol. The molecule has 0 aromatic carbocycles. The van der Waals surface area contributed by atoms with Gasteiger partial charge in [-0.3, -0.25) is 14.4 Å². The standard InChI is InChI=1S/C69H118O6/c1-4-7-10-13-16-19-22-24-26-28-30-31-32-33-34-35-36-37-39-40-42-44-47-50-53-56-59-62-68(71)74-65-66(64-73-67(70)61-58-55-52-49-46-21-18-15-12-9-6-3)75-69(72)63-60-57-54-51-48-45-43-41-38-29-27-25-23-20-17-14-11-8-5-2/h8,11,15,17-18,20,25,27-28,30,38,41,45,48,54,57,66H,4-7,9-10,12-14,16,19,21-24,26,29,31-37,39-40,42-44,46-47,49-53,55-56,58-65H2,1-3H3/b11-8-,18-15-,20-17-,27-25-,30-28-,41-38-,48-45-,57-54-. The van der Waals surface area contributed by atoms with E-state index in [0.29, 0.717) is 19.3 Å². The van der Waals surface area contributed by atoms with E-state index in [4.69, 9.17) is 14.2 Å². The molecule has 0 fully saturated rings. The first kappa shape index (κ1) is 71.3. The van der Waals surface area contributed by atoms with Gasteiger partial charge in [-0.1, -0.05) is 279 Å². The van der Waals surface area contributed by atoms with Crippen molar-refractivity contribution in [2.24, 2.45) is 0 Å². The maximum Gasteiger partial charge on any atom is 0.306 e. The summed E-state index contributed by atoms with van der Waals surface area (Å²) in [4.78, 5) is 38.2. The lowest BCUT2D eigenvalue weighted by Crippen LogP contribution is -2.30. The summed E-state index contributed by atoms with van der Waals surface area (Å²) in [5.74, 6) is -0.998. The van der Waals surface area contributed by atoms with Gasteiger partial charge in [0.05, 0.1) is 0 Å². The largest absolute Gasteiger partial charge is 0.462 e. The van der Waals surface area contributed by atoms with Crippen LogP contribution in [0.25, 0.3) is 0 Å². The van der Waals surface area contributed by atoms with Gasteiger partial charge in [0.25, 0.3) is 0 Å². The predicted molar refractivity (Wildman–Crippen MR) is 325 cm³/mol. The van der Waals surface area contributed by atoms with Crippen LogP contribution in [0.4, 0.5) is 0 Å². The highest BCUT2D eigenvalue weighted by molar-refractivity contribution is 5.71. The van der Waals surface area contributed by atoms with E-state index in [0.717, 1.165) is 89.9 Å². The third-order valence-electron chi connectivity index (χ3n) is 13.6. The number of unbranched alkanes of at least 4 members (excludes halogenated alkanes) is 30. The van der Waals surface area contributed by atoms with Gasteiger partial charge in [-0.25, -0.2) is 0 Å². The van der Waals surface area contributed by atoms with Crippen LogP contribution in [0.5, 0.6) is 0 Å². The molecule has 0 rings (SSSR count). The Morgan fingerprint density at radius 1 is 0.280 bits per heavy atom. The van der Waals surface area contributed by atoms with Gasteiger partial charge >= 0.3 is 17.9 Å². The minimum atomic E-state index is -0.822. The molecule has 1 unspecified atom stereocenters. The highest BCUT2D eigenvalue weighted by Crippen LogP contribution is 2.16. The molecule has 0 saturated carbocycles. The summed E-state index contributed by atoms with van der Waals surface area (Å²) in [6.45, 7) is 6.44. The minimum absolute atomic E-state index is 0.109. The van der Waals surface area contributed by atoms with Gasteiger partial charge in [0.2, 0.25) is 0 Å². The Labute approximate surface area is 464 Å². The van der Waals surface area contributed by atoms with E-state index >= 15 is 0 Å². The second-order valence-electron chi connectivity index (χ2n) is 20.9. The number of hydrogen-bond acceptors (Lipinski definition) is 6. The Kier molecular flexibility index (Phi) is 59.8. The van der Waals surface area contributed by atoms with Crippen LogP contribution in [0.1, 0.15) is 303 Å². The molecule has 0 amide bonds. The Morgan fingerprint density at radius 2 is 0.560 bits per heavy atom. The highest BCUT2D eigenvalue weighted by Gasteiger charge is 2.19. The summed E-state index contributed by atoms with van der Waals surface area (Å²) in [6, 6.07) is 0. The summed E-state index contributed by atoms with van der Waals surface area (Å²) in [6.07, 6.45) is 84.4. The van der Waals surface area contributed by atoms with Crippen molar-refractivity contribution in [1.29, 1.82) is 0 Å². The average Bonchev–Trinajstić information content (AvgIpc) is 3.41. The van der Waals surface area contributed by atoms with Crippen LogP contribution < -0.4 is 0 Å². The van der Waals surface area contributed by atoms with Crippen LogP contribution in [0.2, 0.25) is 0 Å². The third kappa shape index (κ3) is 61.1. The first-order valence-corrected chi connectivity index (χ1v) is 31.7. The fourth-order valence-corrected chi connectivity index (χ4v) is 8.80. The Balaban J connectivity index is 4.31. The normalized spacial score (nSPS) is 12.7. The third-order valence-corrected chi connectivity index (χ3v) is 13.6. The molecule has 0 aromatic rings. The van der Waals surface area contributed by atoms with Crippen molar-refractivity contribution in [3.05, 3.63) is 97.2 Å². The van der Waals surface area contributed by atoms with Crippen molar-refractivity contribution < 1.29 is 28.6 Å². The number of hydrogen-bond donors (Lipinski definition) is 0. The van der Waals surface area contributed by atoms with E-state index in [2.05, 4.69) is 112 Å². The Hall–Kier alpha value is -3.67. The van der Waals surface area contributed by atoms with Crippen LogP contribution in [0, 0.1) is 0 Å². The van der Waals surface area contributed by atoms with Crippen LogP contribution in [-0.2, 0) is 28.6 Å². The Bertz CT molecular complexity index is 1480. The molecule has 0 bridgehead atoms. The molecule has 0 aromatic heterocycles. The van der Waals surface area contributed by atoms with Gasteiger partial charge in [-0.15, -0.1) is 0 Å². The molecule has 0 N–H and O–H groups in total. The van der Waals surface area contributed by atoms with Gasteiger partial charge in [0, 0.05) is 19.3 Å². The van der Waals surface area contributed by atoms with E-state index in [-0.39, 0.29) is 31.6 Å². The monoisotopic (exact) mass is 1040 g/mol. The topological polar surface area (TPSA) is 78.9 Å². The van der Waals surface area contributed by atoms with Gasteiger partial charge in [-0.05, 0) is 103 Å². The molecule has 75 heavy (non-hydrogen) atoms. The van der Waals surface area contributed by atoms with Crippen molar-refractivity contribution in [3.8, 4) is 0 Å². The molecule has 6 nitrogen and oxygen atoms in total. The molecule has 1 atom stereocenters. The summed E-state index contributed by atoms with van der Waals surface area (Å²) in [7, 11) is 0. The molecule has 0 heterocycles. The lowest BCUT2D eigenvalue weighted by Gasteiger charge is -2.18. The maximum absolute atomic E-state index is 12.8. The van der Waals surface area contributed by atoms with Crippen molar-refractivity contribution in [1.82, 2.24) is 0 Å². The van der Waals surface area contributed by atoms with E-state index in [9.17, 15) is 14.4 Å². The zero-order valence-electron chi connectivity index (χ0n) is 49.3. The molecular formula is C69H118O6. The number of esters is 3. The van der Waals surface area contributed by atoms with Gasteiger partial charge in [-0.2, -0.15) is 0 Å². The van der Waals surface area contributed by atoms with Crippen LogP contribution in [-0.4, -0.2) is 37.2 Å². The second-order valence-corrected chi connectivity index (χ2v) is 20.9. The summed E-state index contributed by atoms with van der Waals surface area (Å²) >= 11 is 0. The number of rotatable bonds is 57. The smallest absolute Gasteiger partial charge is 0.306 e. The van der Waals surface area contributed by atoms with Crippen molar-refractivity contribution in [2.45, 2.75) is 309 Å². The van der Waals surface area contributed by atoms with E-state index in [1.54, 1.807) is 0 Å². The van der Waals surface area contributed by atoms with E-state index in [1.807, 2.05) is 6.08 Å². The quantitative estimate of drug-likeness (QED) is 0.0261. The molecule has 6 heteroatoms. The minimum Gasteiger partial charge on any atom is -0.462 e. The zero-order chi connectivity index (χ0) is 54.3. The molecular weight excluding hydrogens is 925 g/mol. The van der Waals surface area contributed by atoms with Crippen molar-refractivity contribution >= 4 is 17.9 Å². The number of carbonyl (C=O) groups is 3. The molecule has 430 valence electrons. The summed E-state index contributed by atoms with van der Waals surface area (Å²) in [5, 5.41) is 0. The summed E-state index contributed by atoms with van der Waals surface area (Å²) in [5.41, 5.74) is 0. The molecule has 0 radical (unpaired) electrons. The number of carbonyl (C=O) groups excluding carboxylic acids is 3. The van der Waals surface area contributed by atoms with E-state index < -0.39 is 12.1 Å². The van der Waals surface area contributed by atoms with E-state index in [1.165, 1.54) is 167 Å². The predicted octanol–water partition coefficient (Wildman–Crippen LogP) is 21.7. The molecule has 0 aliphatic rings. The van der Waals surface area contributed by atoms with Gasteiger partial charge in [0.15, 0.2) is 6.10 Å². The van der Waals surface area contributed by atoms with Crippen LogP contribution >= 0.6 is 0 Å². The maximum atomic E-state index is 12.8. The van der Waals surface area contributed by atoms with Gasteiger partial charge < -0.3 is 14.2 Å². The first-order chi connectivity index (χ1) is 37.0. The Morgan fingerprint density at radius 3 is 0.907 bits per heavy atom. The van der Waals surface area contributed by atoms with Crippen molar-refractivity contribution in [3.63, 3.8) is 0 Å². The molecule has 0 aliphatic heterocycles. The fourth-order valence-electron chi connectivity index (χ4n) is 8.80. The number of allylic oxidation sites excluding steroid dienone is 16. The first-order valence-electron chi connectivity index (χ1n) is 31.7. The summed E-state index contributed by atoms with van der Waals surface area (Å²) < 4.78 is 16.8. The highest BCUT2D eigenvalue weighted by atomic mass is 16.6. The lowest BCUT2D eigenvalue weighted by atomic mass is 10.0. The molecule has 0 saturated heterocycles. The second kappa shape index (κ2) is 62.9. The lowest BCUT2D eigenvalue weighted by molar-refractivity contribution is -0.166. The molecule has 0 aliphatic carbocycles. The fraction of sp³-hybridized carbons (Fsp3) is 0.725. The van der Waals surface area contributed by atoms with Crippen LogP contribution in [0.3, 0.4) is 0 Å². The molecule has 0 spiro atoms.